The highest BCUT2D eigenvalue weighted by molar-refractivity contribution is 7.99. The first kappa shape index (κ1) is 24.8. The number of carbonyl (C=O) groups excluding carboxylic acids is 1. The van der Waals surface area contributed by atoms with Gasteiger partial charge in [0.25, 0.3) is 10.0 Å². The van der Waals surface area contributed by atoms with Crippen LogP contribution in [0.15, 0.2) is 71.6 Å². The third-order valence-electron chi connectivity index (χ3n) is 4.49. The number of thioether (sulfide) groups is 1. The van der Waals surface area contributed by atoms with Gasteiger partial charge in [-0.15, -0.1) is 11.8 Å². The second kappa shape index (κ2) is 11.3. The SMILES string of the molecule is COc1ccc(OC)c(NS(=O)(=O)c2ccc(NC(=O)CSCc3cccc(Cl)c3)cc2)c1. The van der Waals surface area contributed by atoms with Crippen molar-refractivity contribution >= 4 is 50.7 Å². The summed E-state index contributed by atoms with van der Waals surface area (Å²) in [7, 11) is -0.940. The maximum atomic E-state index is 12.8. The molecule has 2 N–H and O–H groups in total. The van der Waals surface area contributed by atoms with Gasteiger partial charge in [0, 0.05) is 22.5 Å². The molecule has 10 heteroatoms. The summed E-state index contributed by atoms with van der Waals surface area (Å²) in [5.74, 6) is 1.57. The van der Waals surface area contributed by atoms with Crippen LogP contribution in [-0.4, -0.2) is 34.3 Å². The molecule has 33 heavy (non-hydrogen) atoms. The van der Waals surface area contributed by atoms with E-state index in [9.17, 15) is 13.2 Å². The van der Waals surface area contributed by atoms with Gasteiger partial charge in [0.1, 0.15) is 11.5 Å². The lowest BCUT2D eigenvalue weighted by atomic mass is 10.2. The van der Waals surface area contributed by atoms with Crippen LogP contribution in [0.25, 0.3) is 0 Å². The number of halogens is 1. The zero-order valence-corrected chi connectivity index (χ0v) is 20.4. The van der Waals surface area contributed by atoms with E-state index in [4.69, 9.17) is 21.1 Å². The predicted molar refractivity (Wildman–Crippen MR) is 133 cm³/mol. The molecule has 0 saturated carbocycles. The van der Waals surface area contributed by atoms with E-state index in [-0.39, 0.29) is 22.2 Å². The third kappa shape index (κ3) is 7.05. The number of rotatable bonds is 10. The van der Waals surface area contributed by atoms with Crippen molar-refractivity contribution in [3.05, 3.63) is 77.3 Å². The average molecular weight is 507 g/mol. The molecule has 3 aromatic rings. The fourth-order valence-electron chi connectivity index (χ4n) is 2.90. The smallest absolute Gasteiger partial charge is 0.262 e. The summed E-state index contributed by atoms with van der Waals surface area (Å²) >= 11 is 7.42. The van der Waals surface area contributed by atoms with Crippen LogP contribution in [0.5, 0.6) is 11.5 Å². The molecule has 0 saturated heterocycles. The summed E-state index contributed by atoms with van der Waals surface area (Å²) in [6.45, 7) is 0. The minimum Gasteiger partial charge on any atom is -0.497 e. The van der Waals surface area contributed by atoms with Gasteiger partial charge in [-0.25, -0.2) is 8.42 Å². The highest BCUT2D eigenvalue weighted by atomic mass is 35.5. The van der Waals surface area contributed by atoms with Crippen molar-refractivity contribution in [3.63, 3.8) is 0 Å². The standard InChI is InChI=1S/C23H23ClN2O5S2/c1-30-19-8-11-22(31-2)21(13-19)26-33(28,29)20-9-6-18(7-10-20)25-23(27)15-32-14-16-4-3-5-17(24)12-16/h3-13,26H,14-15H2,1-2H3,(H,25,27). The van der Waals surface area contributed by atoms with Crippen LogP contribution in [0, 0.1) is 0 Å². The summed E-state index contributed by atoms with van der Waals surface area (Å²) in [5.41, 5.74) is 1.79. The van der Waals surface area contributed by atoms with Gasteiger partial charge in [-0.1, -0.05) is 23.7 Å². The van der Waals surface area contributed by atoms with Crippen molar-refractivity contribution in [2.75, 3.05) is 30.0 Å². The lowest BCUT2D eigenvalue weighted by molar-refractivity contribution is -0.113. The molecule has 0 spiro atoms. The fourth-order valence-corrected chi connectivity index (χ4v) is 4.95. The zero-order chi connectivity index (χ0) is 23.8. The first-order valence-electron chi connectivity index (χ1n) is 9.77. The molecule has 0 fully saturated rings. The molecule has 174 valence electrons. The Labute approximate surface area is 202 Å². The second-order valence-corrected chi connectivity index (χ2v) is 9.97. The number of benzene rings is 3. The highest BCUT2D eigenvalue weighted by Crippen LogP contribution is 2.31. The molecule has 0 aromatic heterocycles. The molecule has 0 atom stereocenters. The van der Waals surface area contributed by atoms with Crippen LogP contribution in [0.3, 0.4) is 0 Å². The Morgan fingerprint density at radius 2 is 1.76 bits per heavy atom. The summed E-state index contributed by atoms with van der Waals surface area (Å²) in [6, 6.07) is 18.2. The number of methoxy groups -OCH3 is 2. The molecule has 0 heterocycles. The number of amides is 1. The summed E-state index contributed by atoms with van der Waals surface area (Å²) in [6.07, 6.45) is 0. The van der Waals surface area contributed by atoms with Gasteiger partial charge in [-0.2, -0.15) is 0 Å². The number of anilines is 2. The Balaban J connectivity index is 1.59. The van der Waals surface area contributed by atoms with E-state index in [1.807, 2.05) is 18.2 Å². The van der Waals surface area contributed by atoms with E-state index in [1.165, 1.54) is 56.3 Å². The van der Waals surface area contributed by atoms with Crippen LogP contribution >= 0.6 is 23.4 Å². The fraction of sp³-hybridized carbons (Fsp3) is 0.174. The number of ether oxygens (including phenoxy) is 2. The average Bonchev–Trinajstić information content (AvgIpc) is 2.79. The van der Waals surface area contributed by atoms with Gasteiger partial charge >= 0.3 is 0 Å². The lowest BCUT2D eigenvalue weighted by Gasteiger charge is -2.13. The van der Waals surface area contributed by atoms with Gasteiger partial charge in [-0.05, 0) is 54.1 Å². The van der Waals surface area contributed by atoms with Gasteiger partial charge in [0.15, 0.2) is 0 Å². The maximum Gasteiger partial charge on any atom is 0.262 e. The minimum atomic E-state index is -3.88. The number of hydrogen-bond donors (Lipinski definition) is 2. The van der Waals surface area contributed by atoms with Crippen LogP contribution in [0.1, 0.15) is 5.56 Å². The van der Waals surface area contributed by atoms with Crippen LogP contribution < -0.4 is 19.5 Å². The van der Waals surface area contributed by atoms with Crippen molar-refractivity contribution in [3.8, 4) is 11.5 Å². The molecule has 0 aliphatic heterocycles. The van der Waals surface area contributed by atoms with E-state index in [2.05, 4.69) is 10.0 Å². The first-order chi connectivity index (χ1) is 15.8. The van der Waals surface area contributed by atoms with Crippen LogP contribution in [-0.2, 0) is 20.6 Å². The molecule has 0 aliphatic carbocycles. The van der Waals surface area contributed by atoms with Gasteiger partial charge in [0.05, 0.1) is 30.6 Å². The Kier molecular flexibility index (Phi) is 8.49. The Morgan fingerprint density at radius 3 is 2.42 bits per heavy atom. The highest BCUT2D eigenvalue weighted by Gasteiger charge is 2.17. The van der Waals surface area contributed by atoms with Crippen molar-refractivity contribution < 1.29 is 22.7 Å². The molecule has 0 radical (unpaired) electrons. The zero-order valence-electron chi connectivity index (χ0n) is 18.0. The van der Waals surface area contributed by atoms with E-state index >= 15 is 0 Å². The predicted octanol–water partition coefficient (Wildman–Crippen LogP) is 5.03. The van der Waals surface area contributed by atoms with Crippen molar-refractivity contribution in [2.24, 2.45) is 0 Å². The van der Waals surface area contributed by atoms with Crippen molar-refractivity contribution in [1.29, 1.82) is 0 Å². The number of hydrogen-bond acceptors (Lipinski definition) is 6. The lowest BCUT2D eigenvalue weighted by Crippen LogP contribution is -2.15. The molecule has 3 aromatic carbocycles. The topological polar surface area (TPSA) is 93.7 Å². The quantitative estimate of drug-likeness (QED) is 0.400. The van der Waals surface area contributed by atoms with Crippen LogP contribution in [0.4, 0.5) is 11.4 Å². The van der Waals surface area contributed by atoms with E-state index < -0.39 is 10.0 Å². The van der Waals surface area contributed by atoms with Gasteiger partial charge in [-0.3, -0.25) is 9.52 Å². The molecular weight excluding hydrogens is 484 g/mol. The second-order valence-electron chi connectivity index (χ2n) is 6.87. The largest absolute Gasteiger partial charge is 0.497 e. The minimum absolute atomic E-state index is 0.0423. The van der Waals surface area contributed by atoms with Crippen molar-refractivity contribution in [1.82, 2.24) is 0 Å². The summed E-state index contributed by atoms with van der Waals surface area (Å²) < 4.78 is 38.5. The molecule has 7 nitrogen and oxygen atoms in total. The molecule has 1 amide bonds. The number of carbonyl (C=O) groups is 1. The first-order valence-corrected chi connectivity index (χ1v) is 12.8. The van der Waals surface area contributed by atoms with Crippen LogP contribution in [0.2, 0.25) is 5.02 Å². The maximum absolute atomic E-state index is 12.8. The van der Waals surface area contributed by atoms with Crippen molar-refractivity contribution in [2.45, 2.75) is 10.6 Å². The van der Waals surface area contributed by atoms with E-state index in [0.29, 0.717) is 28.0 Å². The van der Waals surface area contributed by atoms with Gasteiger partial charge in [0.2, 0.25) is 5.91 Å². The normalized spacial score (nSPS) is 11.0. The summed E-state index contributed by atoms with van der Waals surface area (Å²) in [4.78, 5) is 12.3. The van der Waals surface area contributed by atoms with Gasteiger partial charge < -0.3 is 14.8 Å². The third-order valence-corrected chi connectivity index (χ3v) is 7.11. The summed E-state index contributed by atoms with van der Waals surface area (Å²) in [5, 5.41) is 3.42. The Bertz CT molecular complexity index is 1220. The Hall–Kier alpha value is -2.88. The molecular formula is C23H23ClN2O5S2. The monoisotopic (exact) mass is 506 g/mol. The molecule has 3 rings (SSSR count). The number of sulfonamides is 1. The Morgan fingerprint density at radius 1 is 1.00 bits per heavy atom. The van der Waals surface area contributed by atoms with E-state index in [1.54, 1.807) is 18.2 Å². The van der Waals surface area contributed by atoms with E-state index in [0.717, 1.165) is 5.56 Å². The molecule has 0 bridgehead atoms. The molecule has 0 unspecified atom stereocenters. The number of nitrogens with one attached hydrogen (secondary N) is 2. The molecule has 0 aliphatic rings.